The van der Waals surface area contributed by atoms with Crippen molar-refractivity contribution in [3.8, 4) is 0 Å². The minimum absolute atomic E-state index is 0.0561. The lowest BCUT2D eigenvalue weighted by molar-refractivity contribution is -0.119. The Bertz CT molecular complexity index is 264. The number of hydrogen-bond acceptors (Lipinski definition) is 2. The van der Waals surface area contributed by atoms with Crippen molar-refractivity contribution in [3.05, 3.63) is 23.8 Å². The van der Waals surface area contributed by atoms with Gasteiger partial charge in [-0.2, -0.15) is 0 Å². The second-order valence-corrected chi connectivity index (χ2v) is 3.82. The minimum Gasteiger partial charge on any atom is -0.394 e. The maximum atomic E-state index is 11.5. The first kappa shape index (κ1) is 9.99. The third-order valence-electron chi connectivity index (χ3n) is 1.91. The predicted molar refractivity (Wildman–Crippen MR) is 51.1 cm³/mol. The summed E-state index contributed by atoms with van der Waals surface area (Å²) in [4.78, 5) is 11.5. The lowest BCUT2D eigenvalue weighted by atomic mass is 10.1. The molecule has 13 heavy (non-hydrogen) atoms. The fourth-order valence-electron chi connectivity index (χ4n) is 1.04. The van der Waals surface area contributed by atoms with Gasteiger partial charge in [-0.1, -0.05) is 18.2 Å². The molecule has 1 rings (SSSR count). The van der Waals surface area contributed by atoms with Crippen LogP contribution in [0.5, 0.6) is 0 Å². The number of amides is 1. The summed E-state index contributed by atoms with van der Waals surface area (Å²) in [5.74, 6) is -0.0935. The van der Waals surface area contributed by atoms with E-state index < -0.39 is 5.54 Å². The predicted octanol–water partition coefficient (Wildman–Crippen LogP) is 0.760. The first-order chi connectivity index (χ1) is 6.05. The number of rotatable bonds is 3. The lowest BCUT2D eigenvalue weighted by Gasteiger charge is -2.23. The Balaban J connectivity index is 2.51. The Labute approximate surface area is 78.1 Å². The van der Waals surface area contributed by atoms with Gasteiger partial charge in [0.1, 0.15) is 0 Å². The van der Waals surface area contributed by atoms with Gasteiger partial charge in [-0.15, -0.1) is 0 Å². The summed E-state index contributed by atoms with van der Waals surface area (Å²) in [6.45, 7) is 3.52. The van der Waals surface area contributed by atoms with Gasteiger partial charge in [0.25, 0.3) is 0 Å². The normalized spacial score (nSPS) is 15.8. The zero-order chi connectivity index (χ0) is 9.90. The molecule has 0 fully saturated rings. The molecule has 2 N–H and O–H groups in total. The zero-order valence-electron chi connectivity index (χ0n) is 8.00. The van der Waals surface area contributed by atoms with E-state index in [1.165, 1.54) is 0 Å². The molecule has 1 amide bonds. The van der Waals surface area contributed by atoms with E-state index in [1.54, 1.807) is 19.9 Å². The van der Waals surface area contributed by atoms with E-state index in [1.807, 2.05) is 12.2 Å². The lowest BCUT2D eigenvalue weighted by Crippen LogP contribution is -2.46. The van der Waals surface area contributed by atoms with Gasteiger partial charge in [0.05, 0.1) is 12.1 Å². The summed E-state index contributed by atoms with van der Waals surface area (Å²) in [6.07, 6.45) is 6.28. The molecule has 3 heteroatoms. The number of aliphatic hydroxyl groups excluding tert-OH is 1. The van der Waals surface area contributed by atoms with Gasteiger partial charge in [-0.25, -0.2) is 0 Å². The van der Waals surface area contributed by atoms with Crippen LogP contribution in [0.15, 0.2) is 23.8 Å². The highest BCUT2D eigenvalue weighted by Crippen LogP contribution is 2.11. The van der Waals surface area contributed by atoms with E-state index in [2.05, 4.69) is 5.32 Å². The van der Waals surface area contributed by atoms with Crippen molar-refractivity contribution >= 4 is 5.91 Å². The van der Waals surface area contributed by atoms with Gasteiger partial charge in [0.15, 0.2) is 0 Å². The number of hydrogen-bond donors (Lipinski definition) is 2. The summed E-state index contributed by atoms with van der Waals surface area (Å²) in [5, 5.41) is 11.7. The Morgan fingerprint density at radius 3 is 2.85 bits per heavy atom. The first-order valence-electron chi connectivity index (χ1n) is 4.34. The van der Waals surface area contributed by atoms with Crippen LogP contribution in [0.1, 0.15) is 20.3 Å². The molecule has 1 aliphatic carbocycles. The van der Waals surface area contributed by atoms with Crippen LogP contribution in [-0.4, -0.2) is 23.2 Å². The van der Waals surface area contributed by atoms with Gasteiger partial charge < -0.3 is 10.4 Å². The van der Waals surface area contributed by atoms with E-state index in [4.69, 9.17) is 5.11 Å². The number of carbonyl (C=O) groups is 1. The molecule has 0 aliphatic heterocycles. The molecular weight excluding hydrogens is 166 g/mol. The molecule has 1 aliphatic rings. The second kappa shape index (κ2) is 3.75. The SMILES string of the molecule is CC(C)(CO)NC(=O)C1=CC=CC1. The van der Waals surface area contributed by atoms with Crippen molar-refractivity contribution in [2.45, 2.75) is 25.8 Å². The van der Waals surface area contributed by atoms with E-state index in [0.29, 0.717) is 6.42 Å². The van der Waals surface area contributed by atoms with Crippen molar-refractivity contribution < 1.29 is 9.90 Å². The minimum atomic E-state index is -0.541. The quantitative estimate of drug-likeness (QED) is 0.675. The first-order valence-corrected chi connectivity index (χ1v) is 4.34. The monoisotopic (exact) mass is 181 g/mol. The van der Waals surface area contributed by atoms with Crippen molar-refractivity contribution in [1.82, 2.24) is 5.32 Å². The maximum absolute atomic E-state index is 11.5. The van der Waals surface area contributed by atoms with Crippen molar-refractivity contribution in [3.63, 3.8) is 0 Å². The third kappa shape index (κ3) is 2.70. The van der Waals surface area contributed by atoms with Gasteiger partial charge >= 0.3 is 0 Å². The van der Waals surface area contributed by atoms with Crippen LogP contribution >= 0.6 is 0 Å². The molecule has 0 saturated heterocycles. The summed E-state index contributed by atoms with van der Waals surface area (Å²) in [5.41, 5.74) is 0.210. The summed E-state index contributed by atoms with van der Waals surface area (Å²) in [7, 11) is 0. The van der Waals surface area contributed by atoms with Crippen molar-refractivity contribution in [2.75, 3.05) is 6.61 Å². The molecule has 0 aromatic rings. The molecule has 0 atom stereocenters. The Morgan fingerprint density at radius 1 is 1.69 bits per heavy atom. The van der Waals surface area contributed by atoms with Gasteiger partial charge in [0, 0.05) is 5.57 Å². The maximum Gasteiger partial charge on any atom is 0.248 e. The highest BCUT2D eigenvalue weighted by molar-refractivity contribution is 5.95. The van der Waals surface area contributed by atoms with Crippen LogP contribution in [0.25, 0.3) is 0 Å². The molecule has 0 aromatic carbocycles. The Hall–Kier alpha value is -1.09. The van der Waals surface area contributed by atoms with E-state index >= 15 is 0 Å². The van der Waals surface area contributed by atoms with Crippen molar-refractivity contribution in [1.29, 1.82) is 0 Å². The number of allylic oxidation sites excluding steroid dienone is 3. The fourth-order valence-corrected chi connectivity index (χ4v) is 1.04. The third-order valence-corrected chi connectivity index (χ3v) is 1.91. The standard InChI is InChI=1S/C10H15NO2/c1-10(2,7-12)11-9(13)8-5-3-4-6-8/h3-5,12H,6-7H2,1-2H3,(H,11,13). The van der Waals surface area contributed by atoms with Gasteiger partial charge in [-0.3, -0.25) is 4.79 Å². The summed E-state index contributed by atoms with van der Waals surface area (Å²) >= 11 is 0. The fraction of sp³-hybridized carbons (Fsp3) is 0.500. The smallest absolute Gasteiger partial charge is 0.248 e. The largest absolute Gasteiger partial charge is 0.394 e. The molecule has 0 saturated carbocycles. The van der Waals surface area contributed by atoms with Crippen LogP contribution in [0.2, 0.25) is 0 Å². The molecule has 3 nitrogen and oxygen atoms in total. The van der Waals surface area contributed by atoms with E-state index in [0.717, 1.165) is 5.57 Å². The van der Waals surface area contributed by atoms with Crippen LogP contribution in [-0.2, 0) is 4.79 Å². The topological polar surface area (TPSA) is 49.3 Å². The molecule has 0 bridgehead atoms. The zero-order valence-corrected chi connectivity index (χ0v) is 8.00. The summed E-state index contributed by atoms with van der Waals surface area (Å²) in [6, 6.07) is 0. The van der Waals surface area contributed by atoms with Crippen molar-refractivity contribution in [2.24, 2.45) is 0 Å². The van der Waals surface area contributed by atoms with Crippen LogP contribution < -0.4 is 5.32 Å². The van der Waals surface area contributed by atoms with Crippen LogP contribution in [0.4, 0.5) is 0 Å². The number of nitrogens with one attached hydrogen (secondary N) is 1. The molecule has 72 valence electrons. The van der Waals surface area contributed by atoms with Gasteiger partial charge in [0.2, 0.25) is 5.91 Å². The molecule has 0 aromatic heterocycles. The molecule has 0 radical (unpaired) electrons. The highest BCUT2D eigenvalue weighted by atomic mass is 16.3. The average Bonchev–Trinajstić information content (AvgIpc) is 2.55. The average molecular weight is 181 g/mol. The molecule has 0 unspecified atom stereocenters. The molecule has 0 spiro atoms. The molecular formula is C10H15NO2. The Kier molecular flexibility index (Phi) is 2.88. The van der Waals surface area contributed by atoms with Crippen LogP contribution in [0, 0.1) is 0 Å². The second-order valence-electron chi connectivity index (χ2n) is 3.82. The van der Waals surface area contributed by atoms with Crippen LogP contribution in [0.3, 0.4) is 0 Å². The number of carbonyl (C=O) groups excluding carboxylic acids is 1. The number of aliphatic hydroxyl groups is 1. The Morgan fingerprint density at radius 2 is 2.38 bits per heavy atom. The summed E-state index contributed by atoms with van der Waals surface area (Å²) < 4.78 is 0. The van der Waals surface area contributed by atoms with Gasteiger partial charge in [-0.05, 0) is 20.3 Å². The van der Waals surface area contributed by atoms with E-state index in [9.17, 15) is 4.79 Å². The van der Waals surface area contributed by atoms with E-state index in [-0.39, 0.29) is 12.5 Å². The molecule has 0 heterocycles. The highest BCUT2D eigenvalue weighted by Gasteiger charge is 2.21.